The second kappa shape index (κ2) is 6.83. The first-order chi connectivity index (χ1) is 11.2. The molecule has 0 radical (unpaired) electrons. The van der Waals surface area contributed by atoms with Crippen molar-refractivity contribution in [2.45, 2.75) is 51.4 Å². The summed E-state index contributed by atoms with van der Waals surface area (Å²) < 4.78 is 43.0. The summed E-state index contributed by atoms with van der Waals surface area (Å²) in [6, 6.07) is 4.63. The summed E-state index contributed by atoms with van der Waals surface area (Å²) in [6.45, 7) is 3.68. The molecule has 0 aliphatic heterocycles. The Bertz CT molecular complexity index is 607. The Hall–Kier alpha value is -2.05. The summed E-state index contributed by atoms with van der Waals surface area (Å²) in [5, 5.41) is 0. The molecule has 1 amide bonds. The van der Waals surface area contributed by atoms with Gasteiger partial charge < -0.3 is 9.64 Å². The van der Waals surface area contributed by atoms with Gasteiger partial charge >= 0.3 is 12.1 Å². The zero-order chi connectivity index (χ0) is 18.0. The molecule has 132 valence electrons. The molecule has 1 aromatic carbocycles. The van der Waals surface area contributed by atoms with Gasteiger partial charge in [-0.1, -0.05) is 19.1 Å². The number of hydrogen-bond acceptors (Lipinski definition) is 3. The Balaban J connectivity index is 2.21. The van der Waals surface area contributed by atoms with Crippen LogP contribution in [0.1, 0.15) is 44.2 Å². The Labute approximate surface area is 138 Å². The molecular formula is C17H20F3NO3. The van der Waals surface area contributed by atoms with Crippen molar-refractivity contribution in [3.63, 3.8) is 0 Å². The number of alkyl halides is 3. The average Bonchev–Trinajstić information content (AvgIpc) is 3.33. The molecule has 0 saturated heterocycles. The first-order valence-corrected chi connectivity index (χ1v) is 7.88. The summed E-state index contributed by atoms with van der Waals surface area (Å²) in [5.74, 6) is -0.667. The SMILES string of the molecule is CCOC(=O)C1(N(Cc2ccc(C(F)(F)F)cc2)C(=O)CC)CC1. The van der Waals surface area contributed by atoms with Gasteiger partial charge in [0.25, 0.3) is 0 Å². The van der Waals surface area contributed by atoms with Crippen LogP contribution in [0.4, 0.5) is 13.2 Å². The minimum absolute atomic E-state index is 0.0869. The Morgan fingerprint density at radius 2 is 1.75 bits per heavy atom. The third kappa shape index (κ3) is 3.71. The largest absolute Gasteiger partial charge is 0.464 e. The van der Waals surface area contributed by atoms with Gasteiger partial charge in [0.2, 0.25) is 5.91 Å². The van der Waals surface area contributed by atoms with E-state index in [4.69, 9.17) is 4.74 Å². The first kappa shape index (κ1) is 18.3. The molecule has 0 heterocycles. The van der Waals surface area contributed by atoms with E-state index >= 15 is 0 Å². The van der Waals surface area contributed by atoms with Gasteiger partial charge in [-0.05, 0) is 37.5 Å². The maximum Gasteiger partial charge on any atom is 0.416 e. The van der Waals surface area contributed by atoms with Gasteiger partial charge in [-0.25, -0.2) is 4.79 Å². The molecule has 1 aliphatic rings. The van der Waals surface area contributed by atoms with E-state index in [1.165, 1.54) is 17.0 Å². The first-order valence-electron chi connectivity index (χ1n) is 7.88. The quantitative estimate of drug-likeness (QED) is 0.742. The molecule has 0 aromatic heterocycles. The number of hydrogen-bond donors (Lipinski definition) is 0. The van der Waals surface area contributed by atoms with E-state index in [-0.39, 0.29) is 25.5 Å². The van der Waals surface area contributed by atoms with Crippen LogP contribution >= 0.6 is 0 Å². The van der Waals surface area contributed by atoms with Crippen molar-refractivity contribution in [2.75, 3.05) is 6.61 Å². The maximum atomic E-state index is 12.6. The second-order valence-corrected chi connectivity index (χ2v) is 5.78. The molecule has 0 atom stereocenters. The van der Waals surface area contributed by atoms with Gasteiger partial charge in [0, 0.05) is 13.0 Å². The van der Waals surface area contributed by atoms with Crippen molar-refractivity contribution in [3.8, 4) is 0 Å². The molecule has 0 unspecified atom stereocenters. The van der Waals surface area contributed by atoms with Gasteiger partial charge in [0.1, 0.15) is 5.54 Å². The summed E-state index contributed by atoms with van der Waals surface area (Å²) in [5.41, 5.74) is -1.17. The average molecular weight is 343 g/mol. The number of benzene rings is 1. The molecule has 24 heavy (non-hydrogen) atoms. The van der Waals surface area contributed by atoms with Crippen LogP contribution in [0, 0.1) is 0 Å². The Kier molecular flexibility index (Phi) is 5.20. The molecule has 2 rings (SSSR count). The van der Waals surface area contributed by atoms with Crippen molar-refractivity contribution in [1.29, 1.82) is 0 Å². The number of carbonyl (C=O) groups is 2. The van der Waals surface area contributed by atoms with E-state index in [9.17, 15) is 22.8 Å². The van der Waals surface area contributed by atoms with E-state index < -0.39 is 23.2 Å². The van der Waals surface area contributed by atoms with Crippen LogP contribution in [-0.2, 0) is 27.0 Å². The van der Waals surface area contributed by atoms with Gasteiger partial charge in [-0.2, -0.15) is 13.2 Å². The summed E-state index contributed by atoms with van der Waals surface area (Å²) in [4.78, 5) is 25.9. The molecule has 1 saturated carbocycles. The Morgan fingerprint density at radius 1 is 1.17 bits per heavy atom. The van der Waals surface area contributed by atoms with E-state index in [1.807, 2.05) is 0 Å². The summed E-state index contributed by atoms with van der Waals surface area (Å²) in [6.07, 6.45) is -3.17. The molecule has 1 aliphatic carbocycles. The minimum atomic E-state index is -4.40. The fourth-order valence-electron chi connectivity index (χ4n) is 2.62. The zero-order valence-corrected chi connectivity index (χ0v) is 13.7. The van der Waals surface area contributed by atoms with Crippen LogP contribution in [0.2, 0.25) is 0 Å². The fourth-order valence-corrected chi connectivity index (χ4v) is 2.62. The topological polar surface area (TPSA) is 46.6 Å². The number of nitrogens with zero attached hydrogens (tertiary/aromatic N) is 1. The van der Waals surface area contributed by atoms with Crippen LogP contribution < -0.4 is 0 Å². The maximum absolute atomic E-state index is 12.6. The number of esters is 1. The molecule has 7 heteroatoms. The minimum Gasteiger partial charge on any atom is -0.464 e. The predicted octanol–water partition coefficient (Wildman–Crippen LogP) is 3.54. The van der Waals surface area contributed by atoms with Crippen molar-refractivity contribution in [1.82, 2.24) is 4.90 Å². The molecule has 4 nitrogen and oxygen atoms in total. The van der Waals surface area contributed by atoms with E-state index in [0.717, 1.165) is 12.1 Å². The highest BCUT2D eigenvalue weighted by molar-refractivity contribution is 5.90. The lowest BCUT2D eigenvalue weighted by molar-refractivity contribution is -0.157. The lowest BCUT2D eigenvalue weighted by Gasteiger charge is -2.30. The smallest absolute Gasteiger partial charge is 0.416 e. The highest BCUT2D eigenvalue weighted by Gasteiger charge is 2.57. The Morgan fingerprint density at radius 3 is 2.17 bits per heavy atom. The zero-order valence-electron chi connectivity index (χ0n) is 13.7. The molecule has 1 fully saturated rings. The van der Waals surface area contributed by atoms with Crippen molar-refractivity contribution >= 4 is 11.9 Å². The molecule has 1 aromatic rings. The standard InChI is InChI=1S/C17H20F3NO3/c1-3-14(22)21(16(9-10-16)15(23)24-4-2)11-12-5-7-13(8-6-12)17(18,19)20/h5-8H,3-4,9-11H2,1-2H3. The van der Waals surface area contributed by atoms with Crippen LogP contribution in [0.15, 0.2) is 24.3 Å². The number of amides is 1. The third-order valence-electron chi connectivity index (χ3n) is 4.12. The summed E-state index contributed by atoms with van der Waals surface area (Å²) >= 11 is 0. The van der Waals surface area contributed by atoms with Crippen LogP contribution in [-0.4, -0.2) is 28.9 Å². The third-order valence-corrected chi connectivity index (χ3v) is 4.12. The van der Waals surface area contributed by atoms with Gasteiger partial charge in [-0.15, -0.1) is 0 Å². The highest BCUT2D eigenvalue weighted by Crippen LogP contribution is 2.44. The van der Waals surface area contributed by atoms with E-state index in [1.54, 1.807) is 13.8 Å². The monoisotopic (exact) mass is 343 g/mol. The number of carbonyl (C=O) groups excluding carboxylic acids is 2. The molecule has 0 bridgehead atoms. The number of rotatable bonds is 6. The van der Waals surface area contributed by atoms with Gasteiger partial charge in [0.15, 0.2) is 0 Å². The normalized spacial score (nSPS) is 15.7. The van der Waals surface area contributed by atoms with Crippen LogP contribution in [0.5, 0.6) is 0 Å². The lowest BCUT2D eigenvalue weighted by Crippen LogP contribution is -2.47. The molecular weight excluding hydrogens is 323 g/mol. The van der Waals surface area contributed by atoms with Crippen molar-refractivity contribution < 1.29 is 27.5 Å². The second-order valence-electron chi connectivity index (χ2n) is 5.78. The van der Waals surface area contributed by atoms with Gasteiger partial charge in [-0.3, -0.25) is 4.79 Å². The highest BCUT2D eigenvalue weighted by atomic mass is 19.4. The predicted molar refractivity (Wildman–Crippen MR) is 80.9 cm³/mol. The van der Waals surface area contributed by atoms with Crippen LogP contribution in [0.3, 0.4) is 0 Å². The van der Waals surface area contributed by atoms with Crippen molar-refractivity contribution in [3.05, 3.63) is 35.4 Å². The summed E-state index contributed by atoms with van der Waals surface area (Å²) in [7, 11) is 0. The van der Waals surface area contributed by atoms with Crippen molar-refractivity contribution in [2.24, 2.45) is 0 Å². The lowest BCUT2D eigenvalue weighted by atomic mass is 10.1. The van der Waals surface area contributed by atoms with Crippen LogP contribution in [0.25, 0.3) is 0 Å². The van der Waals surface area contributed by atoms with E-state index in [0.29, 0.717) is 18.4 Å². The fraction of sp³-hybridized carbons (Fsp3) is 0.529. The van der Waals surface area contributed by atoms with Gasteiger partial charge in [0.05, 0.1) is 12.2 Å². The number of halogens is 3. The number of ether oxygens (including phenoxy) is 1. The van der Waals surface area contributed by atoms with E-state index in [2.05, 4.69) is 0 Å². The molecule has 0 spiro atoms. The molecule has 0 N–H and O–H groups in total.